The van der Waals surface area contributed by atoms with E-state index >= 15 is 0 Å². The molecule has 0 aliphatic rings. The summed E-state index contributed by atoms with van der Waals surface area (Å²) in [5, 5.41) is 5.27. The van der Waals surface area contributed by atoms with Crippen molar-refractivity contribution in [3.8, 4) is 0 Å². The number of carbonyl (C=O) groups is 2. The van der Waals surface area contributed by atoms with Crippen LogP contribution in [0.5, 0.6) is 0 Å². The van der Waals surface area contributed by atoms with Gasteiger partial charge in [0, 0.05) is 11.7 Å². The van der Waals surface area contributed by atoms with Crippen molar-refractivity contribution in [2.75, 3.05) is 19.0 Å². The van der Waals surface area contributed by atoms with E-state index in [4.69, 9.17) is 0 Å². The van der Waals surface area contributed by atoms with Gasteiger partial charge in [0.15, 0.2) is 0 Å². The summed E-state index contributed by atoms with van der Waals surface area (Å²) in [5.41, 5.74) is 0.326. The fourth-order valence-electron chi connectivity index (χ4n) is 1.54. The predicted octanol–water partition coefficient (Wildman–Crippen LogP) is 1.06. The number of hydrogen-bond acceptors (Lipinski definition) is 5. The number of urea groups is 1. The van der Waals surface area contributed by atoms with Crippen LogP contribution in [0.15, 0.2) is 29.2 Å². The molecule has 1 rings (SSSR count). The minimum atomic E-state index is -3.87. The summed E-state index contributed by atoms with van der Waals surface area (Å²) in [6.45, 7) is 3.33. The van der Waals surface area contributed by atoms with Gasteiger partial charge in [-0.05, 0) is 31.5 Å². The number of sulfonamides is 1. The maximum absolute atomic E-state index is 12.1. The van der Waals surface area contributed by atoms with E-state index in [-0.39, 0.29) is 10.9 Å². The van der Waals surface area contributed by atoms with E-state index in [0.717, 1.165) is 13.5 Å². The molecule has 8 nitrogen and oxygen atoms in total. The average Bonchev–Trinajstić information content (AvgIpc) is 2.52. The van der Waals surface area contributed by atoms with Gasteiger partial charge in [0.1, 0.15) is 6.54 Å². The Morgan fingerprint density at radius 1 is 1.30 bits per heavy atom. The third-order valence-electron chi connectivity index (χ3n) is 3.03. The van der Waals surface area contributed by atoms with E-state index in [0.29, 0.717) is 5.69 Å². The summed E-state index contributed by atoms with van der Waals surface area (Å²) in [6.07, 6.45) is 0.777. The van der Waals surface area contributed by atoms with Crippen molar-refractivity contribution in [3.63, 3.8) is 0 Å². The second-order valence-corrected chi connectivity index (χ2v) is 6.60. The van der Waals surface area contributed by atoms with Crippen molar-refractivity contribution < 1.29 is 22.7 Å². The standard InChI is InChI=1S/C14H21N3O5S/c1-4-10(2)16-14(19)17-11-6-5-7-12(8-11)23(20,21)15-9-13(18)22-3/h5-8,10,15H,4,9H2,1-3H3,(H2,16,17,19)/t10-/m1/s1. The molecular weight excluding hydrogens is 322 g/mol. The molecule has 0 bridgehead atoms. The number of carbonyl (C=O) groups excluding carboxylic acids is 2. The monoisotopic (exact) mass is 343 g/mol. The predicted molar refractivity (Wildman–Crippen MR) is 85.6 cm³/mol. The zero-order valence-electron chi connectivity index (χ0n) is 13.3. The van der Waals surface area contributed by atoms with Crippen molar-refractivity contribution in [2.24, 2.45) is 0 Å². The molecule has 0 saturated carbocycles. The molecule has 0 unspecified atom stereocenters. The number of ether oxygens (including phenoxy) is 1. The number of anilines is 1. The summed E-state index contributed by atoms with van der Waals surface area (Å²) >= 11 is 0. The van der Waals surface area contributed by atoms with Gasteiger partial charge < -0.3 is 15.4 Å². The molecular formula is C14H21N3O5S. The molecule has 0 heterocycles. The first-order valence-corrected chi connectivity index (χ1v) is 8.51. The third kappa shape index (κ3) is 6.25. The Morgan fingerprint density at radius 3 is 2.61 bits per heavy atom. The van der Waals surface area contributed by atoms with Crippen LogP contribution in [0.1, 0.15) is 20.3 Å². The Morgan fingerprint density at radius 2 is 2.00 bits per heavy atom. The van der Waals surface area contributed by atoms with Gasteiger partial charge in [-0.25, -0.2) is 13.2 Å². The number of amides is 2. The molecule has 0 aromatic heterocycles. The highest BCUT2D eigenvalue weighted by Crippen LogP contribution is 2.15. The fraction of sp³-hybridized carbons (Fsp3) is 0.429. The zero-order chi connectivity index (χ0) is 17.5. The lowest BCUT2D eigenvalue weighted by Gasteiger charge is -2.13. The summed E-state index contributed by atoms with van der Waals surface area (Å²) in [5.74, 6) is -0.698. The van der Waals surface area contributed by atoms with E-state index < -0.39 is 28.6 Å². The van der Waals surface area contributed by atoms with Gasteiger partial charge in [-0.2, -0.15) is 4.72 Å². The summed E-state index contributed by atoms with van der Waals surface area (Å²) in [6, 6.07) is 5.30. The highest BCUT2D eigenvalue weighted by molar-refractivity contribution is 7.89. The van der Waals surface area contributed by atoms with Crippen LogP contribution < -0.4 is 15.4 Å². The van der Waals surface area contributed by atoms with Crippen LogP contribution >= 0.6 is 0 Å². The molecule has 0 fully saturated rings. The lowest BCUT2D eigenvalue weighted by atomic mass is 10.3. The molecule has 2 amide bonds. The highest BCUT2D eigenvalue weighted by Gasteiger charge is 2.16. The maximum atomic E-state index is 12.1. The number of rotatable bonds is 7. The summed E-state index contributed by atoms with van der Waals surface area (Å²) in [7, 11) is -2.71. The molecule has 0 saturated heterocycles. The Kier molecular flexibility index (Phi) is 6.98. The SMILES string of the molecule is CC[C@@H](C)NC(=O)Nc1cccc(S(=O)(=O)NCC(=O)OC)c1. The Labute approximate surface area is 135 Å². The zero-order valence-corrected chi connectivity index (χ0v) is 14.1. The van der Waals surface area contributed by atoms with Gasteiger partial charge in [0.05, 0.1) is 12.0 Å². The van der Waals surface area contributed by atoms with Gasteiger partial charge >= 0.3 is 12.0 Å². The molecule has 0 spiro atoms. The lowest BCUT2D eigenvalue weighted by molar-refractivity contribution is -0.139. The van der Waals surface area contributed by atoms with Gasteiger partial charge in [-0.15, -0.1) is 0 Å². The first kappa shape index (κ1) is 18.9. The van der Waals surface area contributed by atoms with Crippen LogP contribution in [0, 0.1) is 0 Å². The molecule has 9 heteroatoms. The molecule has 1 atom stereocenters. The van der Waals surface area contributed by atoms with Gasteiger partial charge in [-0.3, -0.25) is 4.79 Å². The molecule has 0 aliphatic carbocycles. The molecule has 1 aromatic carbocycles. The van der Waals surface area contributed by atoms with Gasteiger partial charge in [0.25, 0.3) is 0 Å². The second kappa shape index (κ2) is 8.49. The second-order valence-electron chi connectivity index (χ2n) is 4.84. The lowest BCUT2D eigenvalue weighted by Crippen LogP contribution is -2.35. The fourth-order valence-corrected chi connectivity index (χ4v) is 2.56. The minimum Gasteiger partial charge on any atom is -0.468 e. The smallest absolute Gasteiger partial charge is 0.320 e. The van der Waals surface area contributed by atoms with Gasteiger partial charge in [0.2, 0.25) is 10.0 Å². The number of hydrogen-bond donors (Lipinski definition) is 3. The van der Waals surface area contributed by atoms with Crippen LogP contribution in [0.2, 0.25) is 0 Å². The van der Waals surface area contributed by atoms with E-state index in [1.165, 1.54) is 18.2 Å². The van der Waals surface area contributed by atoms with Crippen LogP contribution in [-0.4, -0.2) is 40.1 Å². The van der Waals surface area contributed by atoms with Crippen LogP contribution in [0.3, 0.4) is 0 Å². The first-order valence-electron chi connectivity index (χ1n) is 7.02. The van der Waals surface area contributed by atoms with Gasteiger partial charge in [-0.1, -0.05) is 13.0 Å². The quantitative estimate of drug-likeness (QED) is 0.641. The van der Waals surface area contributed by atoms with Crippen LogP contribution in [0.25, 0.3) is 0 Å². The van der Waals surface area contributed by atoms with E-state index in [1.807, 2.05) is 13.8 Å². The number of methoxy groups -OCH3 is 1. The number of nitrogens with one attached hydrogen (secondary N) is 3. The summed E-state index contributed by atoms with van der Waals surface area (Å²) in [4.78, 5) is 22.7. The molecule has 0 aliphatic heterocycles. The largest absolute Gasteiger partial charge is 0.468 e. The Hall–Kier alpha value is -2.13. The van der Waals surface area contributed by atoms with Crippen LogP contribution in [0.4, 0.5) is 10.5 Å². The van der Waals surface area contributed by atoms with E-state index in [2.05, 4.69) is 20.1 Å². The maximum Gasteiger partial charge on any atom is 0.320 e. The average molecular weight is 343 g/mol. The summed E-state index contributed by atoms with van der Waals surface area (Å²) < 4.78 is 30.6. The molecule has 23 heavy (non-hydrogen) atoms. The van der Waals surface area contributed by atoms with Crippen molar-refractivity contribution in [2.45, 2.75) is 31.2 Å². The minimum absolute atomic E-state index is 0.00337. The van der Waals surface area contributed by atoms with Crippen molar-refractivity contribution >= 4 is 27.7 Å². The normalized spacial score (nSPS) is 12.3. The molecule has 128 valence electrons. The topological polar surface area (TPSA) is 114 Å². The van der Waals surface area contributed by atoms with Crippen molar-refractivity contribution in [1.82, 2.24) is 10.0 Å². The van der Waals surface area contributed by atoms with Crippen molar-refractivity contribution in [3.05, 3.63) is 24.3 Å². The first-order chi connectivity index (χ1) is 10.8. The van der Waals surface area contributed by atoms with Crippen molar-refractivity contribution in [1.29, 1.82) is 0 Å². The third-order valence-corrected chi connectivity index (χ3v) is 4.43. The molecule has 0 radical (unpaired) electrons. The Balaban J connectivity index is 2.79. The van der Waals surface area contributed by atoms with Crippen LogP contribution in [-0.2, 0) is 19.6 Å². The van der Waals surface area contributed by atoms with E-state index in [1.54, 1.807) is 6.07 Å². The Bertz CT molecular complexity index is 660. The van der Waals surface area contributed by atoms with E-state index in [9.17, 15) is 18.0 Å². The molecule has 1 aromatic rings. The number of esters is 1. The highest BCUT2D eigenvalue weighted by atomic mass is 32.2. The molecule has 3 N–H and O–H groups in total. The number of benzene rings is 1.